The third kappa shape index (κ3) is 4.03. The lowest BCUT2D eigenvalue weighted by Gasteiger charge is -2.11. The normalized spacial score (nSPS) is 14.4. The molecule has 0 spiro atoms. The van der Waals surface area contributed by atoms with Crippen molar-refractivity contribution in [2.75, 3.05) is 5.32 Å². The first-order valence-electron chi connectivity index (χ1n) is 8.51. The first kappa shape index (κ1) is 19.2. The van der Waals surface area contributed by atoms with E-state index >= 15 is 0 Å². The fourth-order valence-electron chi connectivity index (χ4n) is 2.99. The van der Waals surface area contributed by atoms with Gasteiger partial charge in [0.2, 0.25) is 0 Å². The number of furan rings is 1. The van der Waals surface area contributed by atoms with Crippen LogP contribution in [0.2, 0.25) is 5.02 Å². The molecular weight excluding hydrogens is 420 g/mol. The Morgan fingerprint density at radius 3 is 2.72 bits per heavy atom. The van der Waals surface area contributed by atoms with Gasteiger partial charge in [-0.25, -0.2) is 13.1 Å². The van der Waals surface area contributed by atoms with E-state index in [4.69, 9.17) is 16.0 Å². The predicted molar refractivity (Wildman–Crippen MR) is 104 cm³/mol. The van der Waals surface area contributed by atoms with Gasteiger partial charge in [-0.05, 0) is 30.3 Å². The summed E-state index contributed by atoms with van der Waals surface area (Å²) in [6, 6.07) is 10.0. The summed E-state index contributed by atoms with van der Waals surface area (Å²) in [5.41, 5.74) is 1.21. The summed E-state index contributed by atoms with van der Waals surface area (Å²) >= 11 is 6.04. The topological polar surface area (TPSA) is 123 Å². The standard InChI is InChI=1S/C18H15ClN4O5S/c19-11-3-1-4-12(7-11)23-16(14-9-29(26,27)10-15(14)22-23)21-18(25)17(24)20-8-13-5-2-6-28-13/h1-7H,8-10H2,(H,20,24)(H,21,25). The van der Waals surface area contributed by atoms with Crippen molar-refractivity contribution in [3.8, 4) is 5.69 Å². The summed E-state index contributed by atoms with van der Waals surface area (Å²) in [7, 11) is -3.35. The van der Waals surface area contributed by atoms with Crippen LogP contribution in [0.1, 0.15) is 17.0 Å². The zero-order valence-electron chi connectivity index (χ0n) is 14.9. The van der Waals surface area contributed by atoms with Gasteiger partial charge in [0, 0.05) is 10.6 Å². The summed E-state index contributed by atoms with van der Waals surface area (Å²) in [5, 5.41) is 9.68. The number of hydrogen-bond donors (Lipinski definition) is 2. The molecule has 1 aliphatic heterocycles. The molecule has 0 saturated heterocycles. The number of fused-ring (bicyclic) bond motifs is 1. The molecule has 150 valence electrons. The minimum Gasteiger partial charge on any atom is -0.467 e. The highest BCUT2D eigenvalue weighted by Crippen LogP contribution is 2.33. The molecule has 0 fully saturated rings. The van der Waals surface area contributed by atoms with E-state index in [-0.39, 0.29) is 23.9 Å². The van der Waals surface area contributed by atoms with E-state index in [0.717, 1.165) is 0 Å². The number of halogens is 1. The maximum Gasteiger partial charge on any atom is 0.314 e. The lowest BCUT2D eigenvalue weighted by atomic mass is 10.2. The van der Waals surface area contributed by atoms with Gasteiger partial charge in [0.25, 0.3) is 0 Å². The molecular formula is C18H15ClN4O5S. The Bertz CT molecular complexity index is 1200. The van der Waals surface area contributed by atoms with Crippen molar-refractivity contribution < 1.29 is 22.4 Å². The predicted octanol–water partition coefficient (Wildman–Crippen LogP) is 1.80. The number of aromatic nitrogens is 2. The highest BCUT2D eigenvalue weighted by Gasteiger charge is 2.33. The number of carbonyl (C=O) groups is 2. The molecule has 3 aromatic rings. The number of hydrogen-bond acceptors (Lipinski definition) is 6. The first-order valence-corrected chi connectivity index (χ1v) is 10.7. The van der Waals surface area contributed by atoms with E-state index in [2.05, 4.69) is 15.7 Å². The van der Waals surface area contributed by atoms with Crippen LogP contribution in [0, 0.1) is 0 Å². The molecule has 2 aromatic heterocycles. The summed E-state index contributed by atoms with van der Waals surface area (Å²) in [5.74, 6) is -1.74. The van der Waals surface area contributed by atoms with E-state index in [1.807, 2.05) is 0 Å². The van der Waals surface area contributed by atoms with Crippen LogP contribution in [0.3, 0.4) is 0 Å². The van der Waals surface area contributed by atoms with Gasteiger partial charge in [-0.1, -0.05) is 17.7 Å². The van der Waals surface area contributed by atoms with Crippen molar-refractivity contribution in [2.24, 2.45) is 0 Å². The second kappa shape index (κ2) is 7.37. The fraction of sp³-hybridized carbons (Fsp3) is 0.167. The van der Waals surface area contributed by atoms with E-state index in [0.29, 0.717) is 27.7 Å². The Balaban J connectivity index is 1.61. The average molecular weight is 435 g/mol. The Labute approximate surface area is 170 Å². The SMILES string of the molecule is O=C(NCc1ccco1)C(=O)Nc1c2c(nn1-c1cccc(Cl)c1)CS(=O)(=O)C2. The fourth-order valence-corrected chi connectivity index (χ4v) is 4.67. The van der Waals surface area contributed by atoms with Gasteiger partial charge in [0.15, 0.2) is 9.84 Å². The molecule has 4 rings (SSSR count). The molecule has 1 aromatic carbocycles. The van der Waals surface area contributed by atoms with E-state index in [1.54, 1.807) is 36.4 Å². The number of amides is 2. The van der Waals surface area contributed by atoms with Crippen molar-refractivity contribution in [1.29, 1.82) is 0 Å². The van der Waals surface area contributed by atoms with Crippen LogP contribution in [0.15, 0.2) is 47.1 Å². The second-order valence-electron chi connectivity index (χ2n) is 6.41. The third-order valence-electron chi connectivity index (χ3n) is 4.28. The summed E-state index contributed by atoms with van der Waals surface area (Å²) < 4.78 is 30.4. The van der Waals surface area contributed by atoms with Crippen LogP contribution in [-0.2, 0) is 37.5 Å². The maximum absolute atomic E-state index is 12.4. The van der Waals surface area contributed by atoms with Crippen LogP contribution >= 0.6 is 11.6 Å². The Morgan fingerprint density at radius 2 is 2.00 bits per heavy atom. The van der Waals surface area contributed by atoms with Crippen molar-refractivity contribution in [3.63, 3.8) is 0 Å². The smallest absolute Gasteiger partial charge is 0.314 e. The summed E-state index contributed by atoms with van der Waals surface area (Å²) in [4.78, 5) is 24.6. The van der Waals surface area contributed by atoms with Crippen LogP contribution in [0.4, 0.5) is 5.82 Å². The Morgan fingerprint density at radius 1 is 1.17 bits per heavy atom. The number of sulfone groups is 1. The number of nitrogens with zero attached hydrogens (tertiary/aromatic N) is 2. The lowest BCUT2D eigenvalue weighted by molar-refractivity contribution is -0.136. The zero-order valence-corrected chi connectivity index (χ0v) is 16.5. The maximum atomic E-state index is 12.4. The molecule has 2 N–H and O–H groups in total. The van der Waals surface area contributed by atoms with Gasteiger partial charge in [0.1, 0.15) is 11.6 Å². The molecule has 0 unspecified atom stereocenters. The van der Waals surface area contributed by atoms with Gasteiger partial charge < -0.3 is 15.1 Å². The summed E-state index contributed by atoms with van der Waals surface area (Å²) in [6.45, 7) is 0.0410. The number of carbonyl (C=O) groups excluding carboxylic acids is 2. The summed E-state index contributed by atoms with van der Waals surface area (Å²) in [6.07, 6.45) is 1.45. The number of anilines is 1. The molecule has 9 nitrogen and oxygen atoms in total. The molecule has 2 amide bonds. The van der Waals surface area contributed by atoms with Gasteiger partial charge in [-0.2, -0.15) is 5.10 Å². The molecule has 0 bridgehead atoms. The second-order valence-corrected chi connectivity index (χ2v) is 8.91. The molecule has 11 heteroatoms. The van der Waals surface area contributed by atoms with Crippen molar-refractivity contribution in [1.82, 2.24) is 15.1 Å². The zero-order chi connectivity index (χ0) is 20.6. The number of benzene rings is 1. The van der Waals surface area contributed by atoms with Crippen LogP contribution in [-0.4, -0.2) is 30.0 Å². The molecule has 29 heavy (non-hydrogen) atoms. The van der Waals surface area contributed by atoms with Crippen molar-refractivity contribution in [2.45, 2.75) is 18.1 Å². The van der Waals surface area contributed by atoms with Gasteiger partial charge >= 0.3 is 11.8 Å². The van der Waals surface area contributed by atoms with E-state index < -0.39 is 21.7 Å². The van der Waals surface area contributed by atoms with Crippen molar-refractivity contribution >= 4 is 39.1 Å². The third-order valence-corrected chi connectivity index (χ3v) is 5.96. The highest BCUT2D eigenvalue weighted by atomic mass is 35.5. The molecule has 0 radical (unpaired) electrons. The Kier molecular flexibility index (Phi) is 4.89. The molecule has 3 heterocycles. The van der Waals surface area contributed by atoms with Crippen LogP contribution in [0.5, 0.6) is 0 Å². The molecule has 0 saturated carbocycles. The Hall–Kier alpha value is -3.11. The quantitative estimate of drug-likeness (QED) is 0.603. The number of rotatable bonds is 4. The van der Waals surface area contributed by atoms with E-state index in [1.165, 1.54) is 10.9 Å². The van der Waals surface area contributed by atoms with Crippen molar-refractivity contribution in [3.05, 3.63) is 64.7 Å². The molecule has 0 aliphatic carbocycles. The van der Waals surface area contributed by atoms with E-state index in [9.17, 15) is 18.0 Å². The van der Waals surface area contributed by atoms with Gasteiger partial charge in [0.05, 0.1) is 35.7 Å². The van der Waals surface area contributed by atoms with Gasteiger partial charge in [-0.3, -0.25) is 9.59 Å². The monoisotopic (exact) mass is 434 g/mol. The lowest BCUT2D eigenvalue weighted by Crippen LogP contribution is -2.35. The largest absolute Gasteiger partial charge is 0.467 e. The minimum absolute atomic E-state index is 0.0410. The minimum atomic E-state index is -3.35. The first-order chi connectivity index (χ1) is 13.8. The molecule has 0 atom stereocenters. The molecule has 1 aliphatic rings. The number of nitrogens with one attached hydrogen (secondary N) is 2. The average Bonchev–Trinajstić information content (AvgIpc) is 3.35. The van der Waals surface area contributed by atoms with Crippen LogP contribution in [0.25, 0.3) is 5.69 Å². The van der Waals surface area contributed by atoms with Gasteiger partial charge in [-0.15, -0.1) is 0 Å². The highest BCUT2D eigenvalue weighted by molar-refractivity contribution is 7.90. The van der Waals surface area contributed by atoms with Crippen LogP contribution < -0.4 is 10.6 Å².